The van der Waals surface area contributed by atoms with Gasteiger partial charge in [-0.2, -0.15) is 0 Å². The topological polar surface area (TPSA) is 89.0 Å². The Morgan fingerprint density at radius 2 is 1.92 bits per heavy atom. The lowest BCUT2D eigenvalue weighted by molar-refractivity contribution is -0.132. The van der Waals surface area contributed by atoms with E-state index in [2.05, 4.69) is 4.98 Å². The van der Waals surface area contributed by atoms with Crippen LogP contribution in [0.2, 0.25) is 0 Å². The number of ether oxygens (including phenoxy) is 2. The highest BCUT2D eigenvalue weighted by atomic mass is 32.1. The summed E-state index contributed by atoms with van der Waals surface area (Å²) in [5.41, 5.74) is 2.86. The molecule has 6 rings (SSSR count). The van der Waals surface area contributed by atoms with Crippen LogP contribution in [0.25, 0.3) is 16.0 Å². The number of carbonyl (C=O) groups is 2. The third-order valence-corrected chi connectivity index (χ3v) is 7.54. The van der Waals surface area contributed by atoms with E-state index in [0.29, 0.717) is 33.9 Å². The lowest BCUT2D eigenvalue weighted by Crippen LogP contribution is -2.29. The zero-order valence-electron chi connectivity index (χ0n) is 19.6. The number of amides is 1. The van der Waals surface area contributed by atoms with Crippen LogP contribution < -0.4 is 14.4 Å². The first-order valence-corrected chi connectivity index (χ1v) is 12.4. The highest BCUT2D eigenvalue weighted by Gasteiger charge is 2.48. The summed E-state index contributed by atoms with van der Waals surface area (Å²) in [5.74, 6) is -0.244. The van der Waals surface area contributed by atoms with E-state index in [9.17, 15) is 14.7 Å². The maximum Gasteiger partial charge on any atom is 0.301 e. The van der Waals surface area contributed by atoms with Crippen molar-refractivity contribution >= 4 is 44.1 Å². The molecule has 0 bridgehead atoms. The Bertz CT molecular complexity index is 1560. The summed E-state index contributed by atoms with van der Waals surface area (Å²) in [4.78, 5) is 32.9. The molecule has 7 nitrogen and oxygen atoms in total. The van der Waals surface area contributed by atoms with Crippen LogP contribution >= 0.6 is 11.3 Å². The zero-order valence-corrected chi connectivity index (χ0v) is 20.4. The van der Waals surface area contributed by atoms with E-state index in [1.54, 1.807) is 25.3 Å². The van der Waals surface area contributed by atoms with Gasteiger partial charge in [-0.05, 0) is 54.4 Å². The van der Waals surface area contributed by atoms with Crippen molar-refractivity contribution in [1.82, 2.24) is 4.98 Å². The molecule has 1 N–H and O–H groups in total. The van der Waals surface area contributed by atoms with Crippen molar-refractivity contribution in [3.05, 3.63) is 89.0 Å². The monoisotopic (exact) mass is 498 g/mol. The molecule has 0 radical (unpaired) electrons. The molecule has 2 atom stereocenters. The fourth-order valence-electron chi connectivity index (χ4n) is 4.83. The Morgan fingerprint density at radius 3 is 2.69 bits per heavy atom. The predicted octanol–water partition coefficient (Wildman–Crippen LogP) is 5.25. The van der Waals surface area contributed by atoms with E-state index in [-0.39, 0.29) is 17.4 Å². The Hall–Kier alpha value is -4.17. The Morgan fingerprint density at radius 1 is 1.11 bits per heavy atom. The predicted molar refractivity (Wildman–Crippen MR) is 138 cm³/mol. The second-order valence-corrected chi connectivity index (χ2v) is 9.87. The van der Waals surface area contributed by atoms with Gasteiger partial charge in [0.25, 0.3) is 5.78 Å². The Balaban J connectivity index is 1.52. The maximum absolute atomic E-state index is 13.4. The molecule has 1 amide bonds. The molecule has 1 fully saturated rings. The van der Waals surface area contributed by atoms with Crippen molar-refractivity contribution in [1.29, 1.82) is 0 Å². The molecule has 1 aromatic heterocycles. The average molecular weight is 499 g/mol. The van der Waals surface area contributed by atoms with Gasteiger partial charge in [0.15, 0.2) is 5.13 Å². The number of Topliss-reactive ketones (excluding diaryl/α,β-unsaturated/α-hetero) is 1. The van der Waals surface area contributed by atoms with Crippen molar-refractivity contribution in [2.75, 3.05) is 12.0 Å². The molecular weight excluding hydrogens is 476 g/mol. The van der Waals surface area contributed by atoms with Gasteiger partial charge in [0.05, 0.1) is 28.9 Å². The van der Waals surface area contributed by atoms with E-state index in [1.165, 1.54) is 16.2 Å². The summed E-state index contributed by atoms with van der Waals surface area (Å²) in [7, 11) is 1.59. The first-order valence-electron chi connectivity index (χ1n) is 11.5. The van der Waals surface area contributed by atoms with Gasteiger partial charge < -0.3 is 14.6 Å². The smallest absolute Gasteiger partial charge is 0.301 e. The summed E-state index contributed by atoms with van der Waals surface area (Å²) < 4.78 is 11.9. The van der Waals surface area contributed by atoms with E-state index in [1.807, 2.05) is 55.5 Å². The fraction of sp³-hybridized carbons (Fsp3) is 0.179. The van der Waals surface area contributed by atoms with Gasteiger partial charge in [-0.25, -0.2) is 4.98 Å². The van der Waals surface area contributed by atoms with E-state index >= 15 is 0 Å². The molecule has 0 aliphatic carbocycles. The SMILES string of the molecule is COc1ccc2nc(N3C(=O)C(=O)/C(=C(/O)c4ccc5c(c4)CC(C)O5)C3c3ccccc3)sc2c1. The number of hydrogen-bond acceptors (Lipinski definition) is 7. The van der Waals surface area contributed by atoms with E-state index in [4.69, 9.17) is 9.47 Å². The van der Waals surface area contributed by atoms with Gasteiger partial charge in [0.1, 0.15) is 23.4 Å². The highest BCUT2D eigenvalue weighted by Crippen LogP contribution is 2.45. The number of methoxy groups -OCH3 is 1. The molecule has 8 heteroatoms. The molecule has 2 aliphatic rings. The average Bonchev–Trinajstić information content (AvgIpc) is 3.55. The van der Waals surface area contributed by atoms with Crippen molar-refractivity contribution in [2.24, 2.45) is 0 Å². The normalized spacial score (nSPS) is 20.6. The number of rotatable bonds is 4. The number of fused-ring (bicyclic) bond motifs is 2. The minimum absolute atomic E-state index is 0.0370. The van der Waals surface area contributed by atoms with Crippen molar-refractivity contribution in [2.45, 2.75) is 25.5 Å². The van der Waals surface area contributed by atoms with Gasteiger partial charge in [-0.15, -0.1) is 0 Å². The van der Waals surface area contributed by atoms with E-state index < -0.39 is 17.7 Å². The highest BCUT2D eigenvalue weighted by molar-refractivity contribution is 7.22. The molecule has 2 unspecified atom stereocenters. The van der Waals surface area contributed by atoms with Crippen molar-refractivity contribution in [3.63, 3.8) is 0 Å². The fourth-order valence-corrected chi connectivity index (χ4v) is 5.85. The second-order valence-electron chi connectivity index (χ2n) is 8.86. The van der Waals surface area contributed by atoms with Gasteiger partial charge in [0, 0.05) is 12.0 Å². The van der Waals surface area contributed by atoms with Crippen LogP contribution in [0.1, 0.15) is 29.7 Å². The summed E-state index contributed by atoms with van der Waals surface area (Å²) in [6.07, 6.45) is 0.757. The standard InChI is InChI=1S/C28H22N2O5S/c1-15-12-18-13-17(8-11-21(18)35-15)25(31)23-24(16-6-4-3-5-7-16)30(27(33)26(23)32)28-29-20-10-9-19(34-2)14-22(20)36-28/h3-11,13-15,24,31H,12H2,1-2H3/b25-23+. The largest absolute Gasteiger partial charge is 0.507 e. The molecule has 0 spiro atoms. The minimum Gasteiger partial charge on any atom is -0.507 e. The van der Waals surface area contributed by atoms with Crippen LogP contribution in [0, 0.1) is 0 Å². The first-order chi connectivity index (χ1) is 17.4. The number of aliphatic hydroxyl groups excluding tert-OH is 1. The quantitative estimate of drug-likeness (QED) is 0.235. The molecule has 1 saturated heterocycles. The number of carbonyl (C=O) groups excluding carboxylic acids is 2. The molecule has 36 heavy (non-hydrogen) atoms. The van der Waals surface area contributed by atoms with Crippen LogP contribution in [0.4, 0.5) is 5.13 Å². The number of ketones is 1. The number of aliphatic hydroxyl groups is 1. The first kappa shape index (κ1) is 22.3. The van der Waals surface area contributed by atoms with Crippen LogP contribution in [0.5, 0.6) is 11.5 Å². The van der Waals surface area contributed by atoms with E-state index in [0.717, 1.165) is 16.0 Å². The van der Waals surface area contributed by atoms with Crippen molar-refractivity contribution < 1.29 is 24.2 Å². The summed E-state index contributed by atoms with van der Waals surface area (Å²) in [5, 5.41) is 11.8. The molecule has 180 valence electrons. The minimum atomic E-state index is -0.822. The van der Waals surface area contributed by atoms with Gasteiger partial charge in [-0.3, -0.25) is 14.5 Å². The summed E-state index contributed by atoms with van der Waals surface area (Å²) in [6, 6.07) is 19.2. The molecule has 3 heterocycles. The number of hydrogen-bond donors (Lipinski definition) is 1. The number of aromatic nitrogens is 1. The zero-order chi connectivity index (χ0) is 25.0. The van der Waals surface area contributed by atoms with Crippen LogP contribution in [0.15, 0.2) is 72.3 Å². The molecule has 3 aromatic carbocycles. The maximum atomic E-state index is 13.4. The molecular formula is C28H22N2O5S. The number of thiazole rings is 1. The Kier molecular flexibility index (Phi) is 5.26. The van der Waals surface area contributed by atoms with Gasteiger partial charge in [0.2, 0.25) is 0 Å². The molecule has 2 aliphatic heterocycles. The van der Waals surface area contributed by atoms with Crippen molar-refractivity contribution in [3.8, 4) is 11.5 Å². The summed E-state index contributed by atoms with van der Waals surface area (Å²) in [6.45, 7) is 1.98. The second kappa shape index (κ2) is 8.49. The lowest BCUT2D eigenvalue weighted by atomic mass is 9.94. The van der Waals surface area contributed by atoms with Crippen LogP contribution in [-0.4, -0.2) is 35.0 Å². The number of nitrogens with zero attached hydrogens (tertiary/aromatic N) is 2. The van der Waals surface area contributed by atoms with Gasteiger partial charge >= 0.3 is 5.91 Å². The third-order valence-electron chi connectivity index (χ3n) is 6.52. The number of benzene rings is 3. The number of anilines is 1. The Labute approximate surface area is 211 Å². The summed E-state index contributed by atoms with van der Waals surface area (Å²) >= 11 is 1.30. The van der Waals surface area contributed by atoms with Crippen LogP contribution in [-0.2, 0) is 16.0 Å². The van der Waals surface area contributed by atoms with Gasteiger partial charge in [-0.1, -0.05) is 41.7 Å². The molecule has 0 saturated carbocycles. The lowest BCUT2D eigenvalue weighted by Gasteiger charge is -2.23. The van der Waals surface area contributed by atoms with Crippen LogP contribution in [0.3, 0.4) is 0 Å². The molecule has 4 aromatic rings. The third kappa shape index (κ3) is 3.53.